The first-order chi connectivity index (χ1) is 18.1. The van der Waals surface area contributed by atoms with Gasteiger partial charge in [0.1, 0.15) is 23.8 Å². The van der Waals surface area contributed by atoms with E-state index in [9.17, 15) is 9.90 Å². The maximum absolute atomic E-state index is 11.9. The SMILES string of the molecule is O=C1NCc2nc(Nc3cc(N[C@H](CO)c4ccccc4)c(C4=NC5(CCOCC5)CO4)cn3)ccc21. The number of aliphatic hydroxyl groups excluding tert-OH is 1. The quantitative estimate of drug-likeness (QED) is 0.390. The monoisotopic (exact) mass is 500 g/mol. The van der Waals surface area contributed by atoms with Crippen molar-refractivity contribution < 1.29 is 19.4 Å². The van der Waals surface area contributed by atoms with Crippen LogP contribution in [-0.2, 0) is 16.0 Å². The zero-order valence-electron chi connectivity index (χ0n) is 20.2. The van der Waals surface area contributed by atoms with E-state index in [1.807, 2.05) is 36.4 Å². The van der Waals surface area contributed by atoms with Crippen molar-refractivity contribution in [3.8, 4) is 0 Å². The van der Waals surface area contributed by atoms with Gasteiger partial charge < -0.3 is 30.5 Å². The summed E-state index contributed by atoms with van der Waals surface area (Å²) in [5.74, 6) is 1.56. The van der Waals surface area contributed by atoms with Crippen LogP contribution in [0.5, 0.6) is 0 Å². The zero-order valence-corrected chi connectivity index (χ0v) is 20.2. The van der Waals surface area contributed by atoms with Gasteiger partial charge in [0.2, 0.25) is 5.90 Å². The van der Waals surface area contributed by atoms with Crippen LogP contribution < -0.4 is 16.0 Å². The van der Waals surface area contributed by atoms with Gasteiger partial charge >= 0.3 is 0 Å². The number of aromatic nitrogens is 2. The first-order valence-corrected chi connectivity index (χ1v) is 12.4. The van der Waals surface area contributed by atoms with E-state index in [0.29, 0.717) is 55.2 Å². The fourth-order valence-corrected chi connectivity index (χ4v) is 4.85. The molecule has 0 radical (unpaired) electrons. The summed E-state index contributed by atoms with van der Waals surface area (Å²) in [5, 5.41) is 19.7. The maximum atomic E-state index is 11.9. The highest BCUT2D eigenvalue weighted by atomic mass is 16.5. The molecule has 4 N–H and O–H groups in total. The molecule has 2 aromatic heterocycles. The van der Waals surface area contributed by atoms with Crippen molar-refractivity contribution >= 4 is 29.1 Å². The molecule has 5 heterocycles. The van der Waals surface area contributed by atoms with Gasteiger partial charge in [0.05, 0.1) is 41.7 Å². The Bertz CT molecular complexity index is 1340. The number of hydrogen-bond acceptors (Lipinski definition) is 9. The number of carbonyl (C=O) groups excluding carboxylic acids is 1. The van der Waals surface area contributed by atoms with Crippen LogP contribution in [0.25, 0.3) is 0 Å². The summed E-state index contributed by atoms with van der Waals surface area (Å²) in [6, 6.07) is 14.8. The lowest BCUT2D eigenvalue weighted by molar-refractivity contribution is 0.0442. The number of carbonyl (C=O) groups is 1. The number of pyridine rings is 2. The highest BCUT2D eigenvalue weighted by Gasteiger charge is 2.39. The van der Waals surface area contributed by atoms with Gasteiger partial charge in [0.25, 0.3) is 5.91 Å². The summed E-state index contributed by atoms with van der Waals surface area (Å²) in [4.78, 5) is 26.0. The van der Waals surface area contributed by atoms with Crippen LogP contribution >= 0.6 is 0 Å². The van der Waals surface area contributed by atoms with Crippen LogP contribution in [0, 0.1) is 0 Å². The van der Waals surface area contributed by atoms with Crippen molar-refractivity contribution in [1.82, 2.24) is 15.3 Å². The Morgan fingerprint density at radius 3 is 2.73 bits per heavy atom. The number of hydrogen-bond donors (Lipinski definition) is 4. The van der Waals surface area contributed by atoms with E-state index in [4.69, 9.17) is 14.5 Å². The van der Waals surface area contributed by atoms with Gasteiger partial charge in [0.15, 0.2) is 0 Å². The highest BCUT2D eigenvalue weighted by Crippen LogP contribution is 2.34. The number of nitrogens with one attached hydrogen (secondary N) is 3. The van der Waals surface area contributed by atoms with E-state index < -0.39 is 0 Å². The first-order valence-electron chi connectivity index (χ1n) is 12.4. The number of rotatable bonds is 7. The van der Waals surface area contributed by atoms with Crippen LogP contribution in [0.2, 0.25) is 0 Å². The molecule has 10 nitrogen and oxygen atoms in total. The predicted molar refractivity (Wildman–Crippen MR) is 138 cm³/mol. The largest absolute Gasteiger partial charge is 0.475 e. The lowest BCUT2D eigenvalue weighted by Gasteiger charge is -2.28. The minimum Gasteiger partial charge on any atom is -0.475 e. The van der Waals surface area contributed by atoms with Crippen molar-refractivity contribution in [2.24, 2.45) is 4.99 Å². The molecule has 190 valence electrons. The van der Waals surface area contributed by atoms with E-state index in [-0.39, 0.29) is 24.1 Å². The average Bonchev–Trinajstić information content (AvgIpc) is 3.51. The first kappa shape index (κ1) is 23.4. The average molecular weight is 501 g/mol. The summed E-state index contributed by atoms with van der Waals surface area (Å²) in [5.41, 5.74) is 3.42. The number of ether oxygens (including phenoxy) is 2. The molecule has 1 aromatic carbocycles. The Hall–Kier alpha value is -4.02. The van der Waals surface area contributed by atoms with Crippen LogP contribution in [-0.4, -0.2) is 58.8 Å². The van der Waals surface area contributed by atoms with E-state index in [1.165, 1.54) is 0 Å². The van der Waals surface area contributed by atoms with Gasteiger partial charge in [-0.3, -0.25) is 4.79 Å². The third-order valence-corrected chi connectivity index (χ3v) is 6.98. The Morgan fingerprint density at radius 2 is 1.92 bits per heavy atom. The number of fused-ring (bicyclic) bond motifs is 1. The molecule has 0 saturated carbocycles. The molecule has 0 unspecified atom stereocenters. The molecule has 37 heavy (non-hydrogen) atoms. The smallest absolute Gasteiger partial charge is 0.253 e. The Morgan fingerprint density at radius 1 is 1.08 bits per heavy atom. The topological polar surface area (TPSA) is 130 Å². The van der Waals surface area contributed by atoms with Crippen LogP contribution in [0.1, 0.15) is 46.1 Å². The second kappa shape index (κ2) is 9.79. The van der Waals surface area contributed by atoms with Crippen molar-refractivity contribution in [3.05, 3.63) is 77.1 Å². The number of benzene rings is 1. The second-order valence-corrected chi connectivity index (χ2v) is 9.45. The van der Waals surface area contributed by atoms with Crippen molar-refractivity contribution in [2.45, 2.75) is 31.0 Å². The minimum absolute atomic E-state index is 0.101. The number of anilines is 3. The molecule has 3 aromatic rings. The summed E-state index contributed by atoms with van der Waals surface area (Å²) >= 11 is 0. The normalized spacial score (nSPS) is 18.5. The summed E-state index contributed by atoms with van der Waals surface area (Å²) in [6.07, 6.45) is 3.35. The lowest BCUT2D eigenvalue weighted by atomic mass is 9.92. The number of aliphatic imine (C=N–C) groups is 1. The summed E-state index contributed by atoms with van der Waals surface area (Å²) < 4.78 is 11.6. The van der Waals surface area contributed by atoms with Crippen LogP contribution in [0.3, 0.4) is 0 Å². The Balaban J connectivity index is 1.33. The van der Waals surface area contributed by atoms with Gasteiger partial charge in [-0.25, -0.2) is 15.0 Å². The van der Waals surface area contributed by atoms with Gasteiger partial charge in [-0.2, -0.15) is 0 Å². The lowest BCUT2D eigenvalue weighted by Crippen LogP contribution is -2.35. The second-order valence-electron chi connectivity index (χ2n) is 9.45. The van der Waals surface area contributed by atoms with Gasteiger partial charge in [-0.15, -0.1) is 0 Å². The zero-order chi connectivity index (χ0) is 25.2. The van der Waals surface area contributed by atoms with E-state index >= 15 is 0 Å². The highest BCUT2D eigenvalue weighted by molar-refractivity contribution is 6.01. The molecular formula is C27H28N6O4. The van der Waals surface area contributed by atoms with Gasteiger partial charge in [0, 0.05) is 25.5 Å². The molecule has 1 fully saturated rings. The number of aliphatic hydroxyl groups is 1. The van der Waals surface area contributed by atoms with Crippen LogP contribution in [0.15, 0.2) is 59.7 Å². The Kier molecular flexibility index (Phi) is 6.19. The molecular weight excluding hydrogens is 472 g/mol. The van der Waals surface area contributed by atoms with Crippen LogP contribution in [0.4, 0.5) is 17.3 Å². The Labute approximate surface area is 214 Å². The molecule has 3 aliphatic rings. The standard InChI is InChI=1S/C27H28N6O4/c34-15-22(17-4-2-1-3-5-17)30-20-12-24(32-23-7-6-18-21(31-23)14-29-25(18)35)28-13-19(20)26-33-27(16-37-26)8-10-36-11-9-27/h1-7,12-13,22,34H,8-11,14-16H2,(H,29,35)(H2,28,30,31,32)/t22-/m1/s1. The van der Waals surface area contributed by atoms with Crippen molar-refractivity contribution in [2.75, 3.05) is 37.1 Å². The van der Waals surface area contributed by atoms with Gasteiger partial charge in [-0.1, -0.05) is 30.3 Å². The molecule has 6 rings (SSSR count). The van der Waals surface area contributed by atoms with Crippen molar-refractivity contribution in [1.29, 1.82) is 0 Å². The third kappa shape index (κ3) is 4.73. The van der Waals surface area contributed by atoms with Gasteiger partial charge in [-0.05, 0) is 30.5 Å². The number of amides is 1. The molecule has 3 aliphatic heterocycles. The summed E-state index contributed by atoms with van der Waals surface area (Å²) in [6.45, 7) is 2.15. The number of nitrogens with zero attached hydrogens (tertiary/aromatic N) is 3. The molecule has 10 heteroatoms. The fourth-order valence-electron chi connectivity index (χ4n) is 4.85. The molecule has 0 aliphatic carbocycles. The van der Waals surface area contributed by atoms with E-state index in [2.05, 4.69) is 25.9 Å². The van der Waals surface area contributed by atoms with E-state index in [1.54, 1.807) is 18.3 Å². The van der Waals surface area contributed by atoms with Crippen molar-refractivity contribution in [3.63, 3.8) is 0 Å². The maximum Gasteiger partial charge on any atom is 0.253 e. The third-order valence-electron chi connectivity index (χ3n) is 6.98. The molecule has 1 atom stereocenters. The molecule has 1 amide bonds. The summed E-state index contributed by atoms with van der Waals surface area (Å²) in [7, 11) is 0. The molecule has 0 bridgehead atoms. The molecule has 1 saturated heterocycles. The predicted octanol–water partition coefficient (Wildman–Crippen LogP) is 2.94. The molecule has 1 spiro atoms. The minimum atomic E-state index is -0.343. The fraction of sp³-hybridized carbons (Fsp3) is 0.333. The van der Waals surface area contributed by atoms with E-state index in [0.717, 1.165) is 29.7 Å².